The summed E-state index contributed by atoms with van der Waals surface area (Å²) in [6.07, 6.45) is 2.85. The summed E-state index contributed by atoms with van der Waals surface area (Å²) in [4.78, 5) is 31.3. The molecule has 1 aliphatic heterocycles. The molecule has 0 saturated carbocycles. The summed E-state index contributed by atoms with van der Waals surface area (Å²) >= 11 is -0.194. The van der Waals surface area contributed by atoms with E-state index >= 15 is 0 Å². The van der Waals surface area contributed by atoms with Gasteiger partial charge in [-0.3, -0.25) is 4.98 Å². The van der Waals surface area contributed by atoms with Gasteiger partial charge in [0.1, 0.15) is 5.75 Å². The van der Waals surface area contributed by atoms with Crippen molar-refractivity contribution in [2.75, 3.05) is 24.2 Å². The maximum Gasteiger partial charge on any atom is 0.341 e. The molecule has 1 aliphatic rings. The second kappa shape index (κ2) is 7.98. The highest BCUT2D eigenvalue weighted by molar-refractivity contribution is 7.93. The van der Waals surface area contributed by atoms with Crippen molar-refractivity contribution < 1.29 is 18.9 Å². The summed E-state index contributed by atoms with van der Waals surface area (Å²) in [6.45, 7) is 2.12. The molecule has 26 heavy (non-hydrogen) atoms. The number of amides is 2. The molecule has 0 bridgehead atoms. The Labute approximate surface area is 157 Å². The van der Waals surface area contributed by atoms with Crippen molar-refractivity contribution in [2.24, 2.45) is 0 Å². The van der Waals surface area contributed by atoms with Crippen molar-refractivity contribution >= 4 is 39.6 Å². The van der Waals surface area contributed by atoms with Crippen molar-refractivity contribution in [1.29, 1.82) is 0 Å². The Kier molecular flexibility index (Phi) is 5.69. The molecule has 9 nitrogen and oxygen atoms in total. The van der Waals surface area contributed by atoms with Crippen LogP contribution in [0.1, 0.15) is 23.7 Å². The number of carbonyl (C=O) groups excluding carboxylic acids is 2. The first kappa shape index (κ1) is 18.5. The lowest BCUT2D eigenvalue weighted by Gasteiger charge is -2.19. The molecular weight excluding hydrogens is 378 g/mol. The van der Waals surface area contributed by atoms with Gasteiger partial charge < -0.3 is 14.2 Å². The first-order chi connectivity index (χ1) is 12.5. The van der Waals surface area contributed by atoms with Crippen molar-refractivity contribution in [3.05, 3.63) is 30.1 Å². The maximum atomic E-state index is 12.5. The minimum Gasteiger partial charge on any atom is -0.610 e. The van der Waals surface area contributed by atoms with Gasteiger partial charge in [-0.05, 0) is 29.9 Å². The highest BCUT2D eigenvalue weighted by Gasteiger charge is 2.41. The number of urea groups is 1. The number of pyridine rings is 1. The van der Waals surface area contributed by atoms with E-state index in [0.29, 0.717) is 10.1 Å². The summed E-state index contributed by atoms with van der Waals surface area (Å²) in [6, 6.07) is 2.84. The van der Waals surface area contributed by atoms with Crippen LogP contribution in [0.25, 0.3) is 0 Å². The van der Waals surface area contributed by atoms with Gasteiger partial charge in [0.25, 0.3) is 0 Å². The average Bonchev–Trinajstić information content (AvgIpc) is 3.21. The standard InChI is InChI=1S/C15H17N5O4S2/c1-3-7-26(23)14-18-17-13(25-14)20-11(9-19(2)15(20)22)24-12(21)10-5-4-6-16-8-10/h4-6,8,11H,3,7,9H2,1-2H3. The first-order valence-electron chi connectivity index (χ1n) is 7.88. The third-order valence-electron chi connectivity index (χ3n) is 3.58. The zero-order valence-corrected chi connectivity index (χ0v) is 15.8. The van der Waals surface area contributed by atoms with Crippen LogP contribution in [0.15, 0.2) is 28.9 Å². The lowest BCUT2D eigenvalue weighted by Crippen LogP contribution is -2.37. The monoisotopic (exact) mass is 395 g/mol. The number of ether oxygens (including phenoxy) is 1. The van der Waals surface area contributed by atoms with Crippen LogP contribution in [0.3, 0.4) is 0 Å². The van der Waals surface area contributed by atoms with Gasteiger partial charge in [0.05, 0.1) is 12.1 Å². The molecule has 0 N–H and O–H groups in total. The largest absolute Gasteiger partial charge is 0.610 e. The van der Waals surface area contributed by atoms with Crippen LogP contribution in [0.2, 0.25) is 0 Å². The number of anilines is 1. The van der Waals surface area contributed by atoms with Gasteiger partial charge in [-0.25, -0.2) is 14.5 Å². The summed E-state index contributed by atoms with van der Waals surface area (Å²) < 4.78 is 17.9. The third-order valence-corrected chi connectivity index (χ3v) is 6.35. The molecule has 2 unspecified atom stereocenters. The third kappa shape index (κ3) is 3.79. The normalized spacial score (nSPS) is 18.3. The number of aromatic nitrogens is 3. The highest BCUT2D eigenvalue weighted by Crippen LogP contribution is 2.30. The van der Waals surface area contributed by atoms with Gasteiger partial charge in [-0.15, -0.1) is 5.10 Å². The van der Waals surface area contributed by atoms with Gasteiger partial charge in [0.2, 0.25) is 11.4 Å². The molecule has 2 atom stereocenters. The average molecular weight is 395 g/mol. The molecule has 11 heteroatoms. The van der Waals surface area contributed by atoms with Crippen molar-refractivity contribution in [2.45, 2.75) is 23.9 Å². The van der Waals surface area contributed by atoms with Crippen LogP contribution < -0.4 is 4.90 Å². The zero-order valence-electron chi connectivity index (χ0n) is 14.2. The highest BCUT2D eigenvalue weighted by atomic mass is 32.2. The molecule has 2 aromatic rings. The van der Waals surface area contributed by atoms with Crippen LogP contribution in [-0.2, 0) is 15.9 Å². The van der Waals surface area contributed by atoms with Gasteiger partial charge in [0.15, 0.2) is 0 Å². The van der Waals surface area contributed by atoms with Crippen LogP contribution >= 0.6 is 11.3 Å². The second-order valence-corrected chi connectivity index (χ2v) is 8.24. The fourth-order valence-corrected chi connectivity index (χ4v) is 4.47. The van der Waals surface area contributed by atoms with Crippen LogP contribution in [0.4, 0.5) is 9.93 Å². The number of esters is 1. The lowest BCUT2D eigenvalue weighted by molar-refractivity contribution is 0.0331. The minimum absolute atomic E-state index is 0.192. The van der Waals surface area contributed by atoms with Crippen LogP contribution in [0, 0.1) is 0 Å². The van der Waals surface area contributed by atoms with E-state index < -0.39 is 23.4 Å². The number of likely N-dealkylation sites (N-methyl/N-ethyl adjacent to an activating group) is 1. The van der Waals surface area contributed by atoms with E-state index in [1.807, 2.05) is 6.92 Å². The predicted octanol–water partition coefficient (Wildman–Crippen LogP) is 1.51. The Balaban J connectivity index is 1.79. The number of hydrogen-bond donors (Lipinski definition) is 0. The summed E-state index contributed by atoms with van der Waals surface area (Å²) in [5, 5.41) is 8.14. The quantitative estimate of drug-likeness (QED) is 0.414. The Morgan fingerprint density at radius 1 is 1.50 bits per heavy atom. The molecule has 0 spiro atoms. The topological polar surface area (TPSA) is 112 Å². The van der Waals surface area contributed by atoms with E-state index in [1.165, 1.54) is 16.0 Å². The number of hydrogen-bond acceptors (Lipinski definition) is 8. The SMILES string of the molecule is CCC[S+]([O-])c1nnc(N2C(=O)N(C)CC2OC(=O)c2cccnc2)s1. The van der Waals surface area contributed by atoms with Crippen molar-refractivity contribution in [1.82, 2.24) is 20.1 Å². The molecule has 1 fully saturated rings. The summed E-state index contributed by atoms with van der Waals surface area (Å²) in [7, 11) is 1.60. The minimum atomic E-state index is -1.26. The number of rotatable bonds is 6. The Morgan fingerprint density at radius 3 is 3.00 bits per heavy atom. The second-order valence-electron chi connectivity index (χ2n) is 5.53. The molecule has 0 radical (unpaired) electrons. The molecule has 138 valence electrons. The smallest absolute Gasteiger partial charge is 0.341 e. The molecule has 1 saturated heterocycles. The van der Waals surface area contributed by atoms with E-state index in [2.05, 4.69) is 15.2 Å². The molecule has 0 aromatic carbocycles. The number of carbonyl (C=O) groups is 2. The molecule has 2 aromatic heterocycles. The molecule has 3 rings (SSSR count). The number of nitrogens with zero attached hydrogens (tertiary/aromatic N) is 5. The van der Waals surface area contributed by atoms with Crippen LogP contribution in [-0.4, -0.2) is 62.2 Å². The predicted molar refractivity (Wildman–Crippen MR) is 95.4 cm³/mol. The van der Waals surface area contributed by atoms with Gasteiger partial charge >= 0.3 is 16.3 Å². The first-order valence-corrected chi connectivity index (χ1v) is 10.0. The van der Waals surface area contributed by atoms with Gasteiger partial charge in [-0.1, -0.05) is 12.0 Å². The Bertz CT molecular complexity index is 787. The molecule has 0 aliphatic carbocycles. The van der Waals surface area contributed by atoms with Gasteiger partial charge in [-0.2, -0.15) is 0 Å². The van der Waals surface area contributed by atoms with Crippen molar-refractivity contribution in [3.8, 4) is 0 Å². The maximum absolute atomic E-state index is 12.5. The zero-order chi connectivity index (χ0) is 18.7. The summed E-state index contributed by atoms with van der Waals surface area (Å²) in [5.41, 5.74) is 0.288. The van der Waals surface area contributed by atoms with E-state index in [0.717, 1.165) is 17.8 Å². The summed E-state index contributed by atoms with van der Waals surface area (Å²) in [5.74, 6) is -0.113. The van der Waals surface area contributed by atoms with Crippen molar-refractivity contribution in [3.63, 3.8) is 0 Å². The van der Waals surface area contributed by atoms with E-state index in [9.17, 15) is 14.1 Å². The Hall–Kier alpha value is -2.24. The molecule has 2 amide bonds. The fourth-order valence-electron chi connectivity index (χ4n) is 2.34. The Morgan fingerprint density at radius 2 is 2.31 bits per heavy atom. The van der Waals surface area contributed by atoms with Crippen LogP contribution in [0.5, 0.6) is 0 Å². The molecule has 3 heterocycles. The van der Waals surface area contributed by atoms with Gasteiger partial charge in [0, 0.05) is 30.6 Å². The fraction of sp³-hybridized carbons (Fsp3) is 0.400. The molecular formula is C15H17N5O4S2. The van der Waals surface area contributed by atoms with E-state index in [1.54, 1.807) is 25.4 Å². The van der Waals surface area contributed by atoms with E-state index in [-0.39, 0.29) is 23.3 Å². The van der Waals surface area contributed by atoms with E-state index in [4.69, 9.17) is 4.74 Å². The lowest BCUT2D eigenvalue weighted by atomic mass is 10.3.